The number of hydrogen-bond acceptors (Lipinski definition) is 1. The van der Waals surface area contributed by atoms with E-state index in [9.17, 15) is 4.79 Å². The maximum atomic E-state index is 10.5. The highest BCUT2D eigenvalue weighted by Crippen LogP contribution is 2.64. The Bertz CT molecular complexity index is 200. The molecule has 1 saturated carbocycles. The van der Waals surface area contributed by atoms with Gasteiger partial charge in [-0.25, -0.2) is 0 Å². The van der Waals surface area contributed by atoms with Gasteiger partial charge < -0.3 is 5.11 Å². The lowest BCUT2D eigenvalue weighted by Gasteiger charge is -2.04. The first-order valence-electron chi connectivity index (χ1n) is 2.71. The fourth-order valence-corrected chi connectivity index (χ4v) is 1.58. The number of carbonyl (C=O) groups is 1. The van der Waals surface area contributed by atoms with E-state index in [0.29, 0.717) is 0 Å². The van der Waals surface area contributed by atoms with E-state index < -0.39 is 15.7 Å². The summed E-state index contributed by atoms with van der Waals surface area (Å²) in [6, 6.07) is 0. The fraction of sp³-hybridized carbons (Fsp3) is 0.500. The van der Waals surface area contributed by atoms with Gasteiger partial charge in [-0.3, -0.25) is 4.79 Å². The van der Waals surface area contributed by atoms with Crippen molar-refractivity contribution in [1.82, 2.24) is 0 Å². The second-order valence-corrected chi connectivity index (χ2v) is 3.85. The third-order valence-electron chi connectivity index (χ3n) is 1.76. The molecule has 0 saturated heterocycles. The van der Waals surface area contributed by atoms with Crippen molar-refractivity contribution in [1.29, 1.82) is 0 Å². The normalized spacial score (nSPS) is 35.0. The summed E-state index contributed by atoms with van der Waals surface area (Å²) in [6.07, 6.45) is 1.54. The van der Waals surface area contributed by atoms with Gasteiger partial charge in [-0.15, -0.1) is 6.58 Å². The zero-order valence-corrected chi connectivity index (χ0v) is 6.61. The van der Waals surface area contributed by atoms with E-state index in [2.05, 4.69) is 6.58 Å². The Labute approximate surface area is 68.4 Å². The van der Waals surface area contributed by atoms with Crippen molar-refractivity contribution >= 4 is 29.2 Å². The SMILES string of the molecule is C=CC1(C(=O)O)CC1(Cl)Cl. The zero-order chi connectivity index (χ0) is 7.99. The van der Waals surface area contributed by atoms with Crippen molar-refractivity contribution in [3.8, 4) is 0 Å². The van der Waals surface area contributed by atoms with Crippen LogP contribution in [0.3, 0.4) is 0 Å². The van der Waals surface area contributed by atoms with Crippen LogP contribution in [0.2, 0.25) is 0 Å². The predicted octanol–water partition coefficient (Wildman–Crippen LogP) is 1.82. The molecule has 1 fully saturated rings. The summed E-state index contributed by atoms with van der Waals surface area (Å²) in [5.74, 6) is -1.01. The van der Waals surface area contributed by atoms with Gasteiger partial charge in [0.15, 0.2) is 0 Å². The summed E-state index contributed by atoms with van der Waals surface area (Å²) in [5, 5.41) is 8.60. The summed E-state index contributed by atoms with van der Waals surface area (Å²) >= 11 is 11.1. The molecule has 4 heteroatoms. The topological polar surface area (TPSA) is 37.3 Å². The smallest absolute Gasteiger partial charge is 0.316 e. The van der Waals surface area contributed by atoms with Crippen molar-refractivity contribution in [2.45, 2.75) is 10.8 Å². The molecule has 1 aliphatic carbocycles. The lowest BCUT2D eigenvalue weighted by molar-refractivity contribution is -0.141. The van der Waals surface area contributed by atoms with Crippen LogP contribution < -0.4 is 0 Å². The molecular weight excluding hydrogens is 175 g/mol. The first-order chi connectivity index (χ1) is 4.46. The molecule has 56 valence electrons. The highest BCUT2D eigenvalue weighted by molar-refractivity contribution is 6.53. The van der Waals surface area contributed by atoms with Crippen molar-refractivity contribution < 1.29 is 9.90 Å². The highest BCUT2D eigenvalue weighted by atomic mass is 35.5. The third kappa shape index (κ3) is 0.756. The van der Waals surface area contributed by atoms with E-state index in [0.717, 1.165) is 0 Å². The van der Waals surface area contributed by atoms with Crippen LogP contribution in [0.1, 0.15) is 6.42 Å². The molecule has 1 N–H and O–H groups in total. The van der Waals surface area contributed by atoms with Crippen LogP contribution >= 0.6 is 23.2 Å². The molecule has 0 radical (unpaired) electrons. The van der Waals surface area contributed by atoms with Crippen LogP contribution in [0.5, 0.6) is 0 Å². The minimum Gasteiger partial charge on any atom is -0.481 e. The van der Waals surface area contributed by atoms with Crippen LogP contribution in [0.25, 0.3) is 0 Å². The van der Waals surface area contributed by atoms with Gasteiger partial charge in [-0.05, 0) is 0 Å². The van der Waals surface area contributed by atoms with Gasteiger partial charge in [-0.2, -0.15) is 0 Å². The van der Waals surface area contributed by atoms with E-state index in [1.807, 2.05) is 0 Å². The van der Waals surface area contributed by atoms with Crippen molar-refractivity contribution in [3.63, 3.8) is 0 Å². The Hall–Kier alpha value is -0.210. The van der Waals surface area contributed by atoms with Crippen molar-refractivity contribution in [2.24, 2.45) is 5.41 Å². The lowest BCUT2D eigenvalue weighted by Crippen LogP contribution is -2.18. The molecule has 0 amide bonds. The van der Waals surface area contributed by atoms with E-state index in [-0.39, 0.29) is 6.42 Å². The number of aliphatic carboxylic acids is 1. The number of alkyl halides is 2. The molecule has 0 heterocycles. The molecule has 1 atom stereocenters. The predicted molar refractivity (Wildman–Crippen MR) is 39.3 cm³/mol. The van der Waals surface area contributed by atoms with Gasteiger partial charge in [0.1, 0.15) is 9.75 Å². The summed E-state index contributed by atoms with van der Waals surface area (Å²) in [5.41, 5.74) is -1.10. The summed E-state index contributed by atoms with van der Waals surface area (Å²) in [6.45, 7) is 3.36. The van der Waals surface area contributed by atoms with Crippen LogP contribution in [0.15, 0.2) is 12.7 Å². The Morgan fingerprint density at radius 3 is 2.10 bits per heavy atom. The van der Waals surface area contributed by atoms with E-state index in [1.165, 1.54) is 6.08 Å². The van der Waals surface area contributed by atoms with Gasteiger partial charge in [0, 0.05) is 6.42 Å². The third-order valence-corrected chi connectivity index (χ3v) is 2.70. The minimum atomic E-state index is -1.14. The molecule has 1 aliphatic rings. The molecule has 2 nitrogen and oxygen atoms in total. The number of hydrogen-bond donors (Lipinski definition) is 1. The van der Waals surface area contributed by atoms with Crippen LogP contribution in [-0.2, 0) is 4.79 Å². The van der Waals surface area contributed by atoms with Crippen LogP contribution in [-0.4, -0.2) is 15.4 Å². The average molecular weight is 181 g/mol. The Balaban J connectivity index is 2.88. The largest absolute Gasteiger partial charge is 0.481 e. The monoisotopic (exact) mass is 180 g/mol. The fourth-order valence-electron chi connectivity index (χ4n) is 0.847. The first kappa shape index (κ1) is 7.89. The maximum absolute atomic E-state index is 10.5. The molecule has 0 bridgehead atoms. The minimum absolute atomic E-state index is 0.252. The molecule has 1 rings (SSSR count). The molecular formula is C6H6Cl2O2. The average Bonchev–Trinajstić information content (AvgIpc) is 2.35. The van der Waals surface area contributed by atoms with Gasteiger partial charge in [0.2, 0.25) is 0 Å². The summed E-state index contributed by atoms with van der Waals surface area (Å²) in [7, 11) is 0. The molecule has 0 spiro atoms. The van der Waals surface area contributed by atoms with Gasteiger partial charge in [0.25, 0.3) is 0 Å². The Kier molecular flexibility index (Phi) is 1.49. The Morgan fingerprint density at radius 1 is 1.70 bits per heavy atom. The second-order valence-electron chi connectivity index (χ2n) is 2.36. The highest BCUT2D eigenvalue weighted by Gasteiger charge is 2.70. The zero-order valence-electron chi connectivity index (χ0n) is 5.10. The number of carboxylic acid groups (broad SMARTS) is 1. The van der Waals surface area contributed by atoms with Crippen molar-refractivity contribution in [3.05, 3.63) is 12.7 Å². The van der Waals surface area contributed by atoms with E-state index in [1.54, 1.807) is 0 Å². The molecule has 0 aromatic heterocycles. The quantitative estimate of drug-likeness (QED) is 0.521. The molecule has 1 unspecified atom stereocenters. The van der Waals surface area contributed by atoms with E-state index >= 15 is 0 Å². The summed E-state index contributed by atoms with van der Waals surface area (Å²) in [4.78, 5) is 10.5. The van der Waals surface area contributed by atoms with Crippen LogP contribution in [0.4, 0.5) is 0 Å². The van der Waals surface area contributed by atoms with Gasteiger partial charge >= 0.3 is 5.97 Å². The van der Waals surface area contributed by atoms with Gasteiger partial charge in [-0.1, -0.05) is 29.3 Å². The molecule has 0 aromatic rings. The molecule has 0 aliphatic heterocycles. The lowest BCUT2D eigenvalue weighted by atomic mass is 10.1. The maximum Gasteiger partial charge on any atom is 0.316 e. The molecule has 10 heavy (non-hydrogen) atoms. The van der Waals surface area contributed by atoms with E-state index in [4.69, 9.17) is 28.3 Å². The summed E-state index contributed by atoms with van der Waals surface area (Å²) < 4.78 is -1.14. The number of carboxylic acids is 1. The first-order valence-corrected chi connectivity index (χ1v) is 3.47. The second kappa shape index (κ2) is 1.89. The standard InChI is InChI=1S/C6H6Cl2O2/c1-2-5(4(9)10)3-6(5,7)8/h2H,1,3H2,(H,9,10). The number of rotatable bonds is 2. The molecule has 0 aromatic carbocycles. The van der Waals surface area contributed by atoms with Crippen LogP contribution in [0, 0.1) is 5.41 Å². The number of halogens is 2. The Morgan fingerprint density at radius 2 is 2.10 bits per heavy atom. The van der Waals surface area contributed by atoms with Crippen molar-refractivity contribution in [2.75, 3.05) is 0 Å². The van der Waals surface area contributed by atoms with Gasteiger partial charge in [0.05, 0.1) is 0 Å².